The molecule has 3 atom stereocenters. The average molecular weight is 390 g/mol. The van der Waals surface area contributed by atoms with E-state index in [9.17, 15) is 10.2 Å². The van der Waals surface area contributed by atoms with E-state index in [-0.39, 0.29) is 6.61 Å². The molecule has 0 spiro atoms. The molecule has 1 aliphatic rings. The van der Waals surface area contributed by atoms with E-state index in [1.54, 1.807) is 10.9 Å². The minimum Gasteiger partial charge on any atom is -0.394 e. The molecule has 1 saturated heterocycles. The number of fused-ring (bicyclic) bond motifs is 1. The van der Waals surface area contributed by atoms with E-state index >= 15 is 0 Å². The number of aromatic nitrogens is 4. The Morgan fingerprint density at radius 1 is 1.25 bits per heavy atom. The van der Waals surface area contributed by atoms with Crippen molar-refractivity contribution in [2.75, 3.05) is 19.7 Å². The lowest BCUT2D eigenvalue weighted by Gasteiger charge is -2.18. The Kier molecular flexibility index (Phi) is 7.30. The number of nitrogens with zero attached hydrogens (tertiary/aromatic N) is 6. The number of hydrogen-bond donors (Lipinski definition) is 2. The maximum atomic E-state index is 9.99. The molecule has 0 aliphatic carbocycles. The van der Waals surface area contributed by atoms with Crippen LogP contribution < -0.4 is 0 Å². The standard InChI is InChI=1S/C19H30N6O3/c1-3-5-7-24(8-6-4-2)12-23-18-17-19(21-11-20-18)25(13-22-17)16-9-14(27)15(10-26)28-16/h11-16,26-27H,3-10H2,1-2H3. The average Bonchev–Trinajstić information content (AvgIpc) is 3.30. The fourth-order valence-corrected chi connectivity index (χ4v) is 3.28. The Labute approximate surface area is 165 Å². The van der Waals surface area contributed by atoms with Gasteiger partial charge in [0.1, 0.15) is 18.7 Å². The van der Waals surface area contributed by atoms with Gasteiger partial charge < -0.3 is 19.8 Å². The molecule has 9 nitrogen and oxygen atoms in total. The van der Waals surface area contributed by atoms with Crippen LogP contribution in [0, 0.1) is 0 Å². The molecule has 1 aliphatic heterocycles. The molecule has 3 rings (SSSR count). The second-order valence-electron chi connectivity index (χ2n) is 7.12. The lowest BCUT2D eigenvalue weighted by Crippen LogP contribution is -2.24. The van der Waals surface area contributed by atoms with Crippen molar-refractivity contribution in [2.45, 2.75) is 64.4 Å². The Bertz CT molecular complexity index is 772. The second kappa shape index (κ2) is 9.90. The summed E-state index contributed by atoms with van der Waals surface area (Å²) in [5, 5.41) is 19.3. The number of aliphatic imine (C=N–C) groups is 1. The minimum atomic E-state index is -0.711. The molecule has 9 heteroatoms. The molecule has 0 saturated carbocycles. The molecule has 2 N–H and O–H groups in total. The van der Waals surface area contributed by atoms with Gasteiger partial charge in [-0.3, -0.25) is 4.57 Å². The highest BCUT2D eigenvalue weighted by Gasteiger charge is 2.35. The Hall–Kier alpha value is -2.10. The van der Waals surface area contributed by atoms with Crippen LogP contribution in [0.5, 0.6) is 0 Å². The summed E-state index contributed by atoms with van der Waals surface area (Å²) in [5.74, 6) is 0.513. The van der Waals surface area contributed by atoms with Crippen LogP contribution in [-0.2, 0) is 4.74 Å². The molecule has 3 unspecified atom stereocenters. The van der Waals surface area contributed by atoms with Crippen molar-refractivity contribution >= 4 is 23.3 Å². The van der Waals surface area contributed by atoms with Gasteiger partial charge in [-0.2, -0.15) is 0 Å². The zero-order valence-electron chi connectivity index (χ0n) is 16.6. The topological polar surface area (TPSA) is 109 Å². The van der Waals surface area contributed by atoms with Gasteiger partial charge in [0.05, 0.1) is 25.4 Å². The quantitative estimate of drug-likeness (QED) is 0.472. The zero-order chi connectivity index (χ0) is 19.9. The van der Waals surface area contributed by atoms with Gasteiger partial charge in [0, 0.05) is 19.5 Å². The molecule has 154 valence electrons. The van der Waals surface area contributed by atoms with Gasteiger partial charge in [-0.15, -0.1) is 0 Å². The van der Waals surface area contributed by atoms with Gasteiger partial charge in [0.15, 0.2) is 17.0 Å². The minimum absolute atomic E-state index is 0.222. The summed E-state index contributed by atoms with van der Waals surface area (Å²) in [6.45, 7) is 6.08. The number of hydrogen-bond acceptors (Lipinski definition) is 7. The summed E-state index contributed by atoms with van der Waals surface area (Å²) in [6, 6.07) is 0. The molecular formula is C19H30N6O3. The molecule has 2 aromatic heterocycles. The van der Waals surface area contributed by atoms with Crippen molar-refractivity contribution in [3.05, 3.63) is 12.7 Å². The second-order valence-corrected chi connectivity index (χ2v) is 7.12. The first-order valence-electron chi connectivity index (χ1n) is 10.1. The predicted octanol–water partition coefficient (Wildman–Crippen LogP) is 2.03. The highest BCUT2D eigenvalue weighted by molar-refractivity contribution is 5.82. The Balaban J connectivity index is 1.80. The summed E-state index contributed by atoms with van der Waals surface area (Å²) in [4.78, 5) is 19.8. The van der Waals surface area contributed by atoms with Gasteiger partial charge in [0.25, 0.3) is 0 Å². The fraction of sp³-hybridized carbons (Fsp3) is 0.684. The van der Waals surface area contributed by atoms with Crippen LogP contribution in [-0.4, -0.2) is 72.9 Å². The molecule has 1 fully saturated rings. The summed E-state index contributed by atoms with van der Waals surface area (Å²) in [5.41, 5.74) is 1.20. The maximum Gasteiger partial charge on any atom is 0.184 e. The first-order valence-corrected chi connectivity index (χ1v) is 10.1. The molecule has 0 bridgehead atoms. The summed E-state index contributed by atoms with van der Waals surface area (Å²) in [7, 11) is 0. The van der Waals surface area contributed by atoms with Crippen LogP contribution in [0.2, 0.25) is 0 Å². The van der Waals surface area contributed by atoms with Gasteiger partial charge in [0.2, 0.25) is 0 Å². The Morgan fingerprint density at radius 2 is 2.00 bits per heavy atom. The Morgan fingerprint density at radius 3 is 2.64 bits per heavy atom. The van der Waals surface area contributed by atoms with E-state index in [0.717, 1.165) is 38.8 Å². The van der Waals surface area contributed by atoms with Gasteiger partial charge in [-0.05, 0) is 12.8 Å². The largest absolute Gasteiger partial charge is 0.394 e. The highest BCUT2D eigenvalue weighted by atomic mass is 16.5. The highest BCUT2D eigenvalue weighted by Crippen LogP contribution is 2.31. The van der Waals surface area contributed by atoms with Crippen LogP contribution in [0.15, 0.2) is 17.6 Å². The van der Waals surface area contributed by atoms with E-state index in [0.29, 0.717) is 23.4 Å². The van der Waals surface area contributed by atoms with E-state index in [2.05, 4.69) is 38.7 Å². The summed E-state index contributed by atoms with van der Waals surface area (Å²) < 4.78 is 7.48. The van der Waals surface area contributed by atoms with Crippen LogP contribution >= 0.6 is 0 Å². The van der Waals surface area contributed by atoms with Crippen molar-refractivity contribution < 1.29 is 14.9 Å². The fourth-order valence-electron chi connectivity index (χ4n) is 3.28. The van der Waals surface area contributed by atoms with Crippen LogP contribution in [0.3, 0.4) is 0 Å². The van der Waals surface area contributed by atoms with E-state index < -0.39 is 18.4 Å². The lowest BCUT2D eigenvalue weighted by atomic mass is 10.2. The third kappa shape index (κ3) is 4.65. The van der Waals surface area contributed by atoms with Gasteiger partial charge >= 0.3 is 0 Å². The number of ether oxygens (including phenoxy) is 1. The lowest BCUT2D eigenvalue weighted by molar-refractivity contribution is -0.0432. The molecule has 0 amide bonds. The number of aliphatic hydroxyl groups is 2. The molecular weight excluding hydrogens is 360 g/mol. The molecule has 28 heavy (non-hydrogen) atoms. The maximum absolute atomic E-state index is 9.99. The third-order valence-electron chi connectivity index (χ3n) is 4.97. The monoisotopic (exact) mass is 390 g/mol. The number of aliphatic hydroxyl groups excluding tert-OH is 2. The third-order valence-corrected chi connectivity index (χ3v) is 4.97. The predicted molar refractivity (Wildman–Crippen MR) is 106 cm³/mol. The van der Waals surface area contributed by atoms with Crippen molar-refractivity contribution in [2.24, 2.45) is 4.99 Å². The van der Waals surface area contributed by atoms with Gasteiger partial charge in [-0.1, -0.05) is 26.7 Å². The molecule has 3 heterocycles. The van der Waals surface area contributed by atoms with Crippen molar-refractivity contribution in [1.29, 1.82) is 0 Å². The summed E-state index contributed by atoms with van der Waals surface area (Å²) >= 11 is 0. The summed E-state index contributed by atoms with van der Waals surface area (Å²) in [6.07, 6.45) is 8.12. The first kappa shape index (κ1) is 20.6. The van der Waals surface area contributed by atoms with Crippen molar-refractivity contribution in [3.63, 3.8) is 0 Å². The first-order chi connectivity index (χ1) is 13.7. The SMILES string of the molecule is CCCCN(C=Nc1ncnc2c1ncn2C1CC(O)C(CO)O1)CCCC. The van der Waals surface area contributed by atoms with Crippen LogP contribution in [0.4, 0.5) is 5.82 Å². The molecule has 0 radical (unpaired) electrons. The smallest absolute Gasteiger partial charge is 0.184 e. The van der Waals surface area contributed by atoms with E-state index in [1.165, 1.54) is 6.33 Å². The number of rotatable bonds is 10. The number of imidazole rings is 1. The zero-order valence-corrected chi connectivity index (χ0v) is 16.6. The van der Waals surface area contributed by atoms with Crippen LogP contribution in [0.1, 0.15) is 52.2 Å². The number of unbranched alkanes of at least 4 members (excludes halogenated alkanes) is 2. The van der Waals surface area contributed by atoms with E-state index in [4.69, 9.17) is 4.74 Å². The van der Waals surface area contributed by atoms with Gasteiger partial charge in [-0.25, -0.2) is 19.9 Å². The van der Waals surface area contributed by atoms with Crippen molar-refractivity contribution in [1.82, 2.24) is 24.4 Å². The normalized spacial score (nSPS) is 22.5. The molecule has 2 aromatic rings. The van der Waals surface area contributed by atoms with E-state index in [1.807, 2.05) is 6.34 Å². The molecule has 0 aromatic carbocycles. The van der Waals surface area contributed by atoms with Crippen molar-refractivity contribution in [3.8, 4) is 0 Å². The van der Waals surface area contributed by atoms with Crippen LogP contribution in [0.25, 0.3) is 11.2 Å².